The van der Waals surface area contributed by atoms with Gasteiger partial charge < -0.3 is 0 Å². The number of halogens is 1. The van der Waals surface area contributed by atoms with E-state index in [1.165, 1.54) is 36.5 Å². The van der Waals surface area contributed by atoms with Gasteiger partial charge in [-0.05, 0) is 41.5 Å². The van der Waals surface area contributed by atoms with E-state index in [2.05, 4.69) is 58.4 Å². The third kappa shape index (κ3) is 2.26. The van der Waals surface area contributed by atoms with E-state index < -0.39 is 0 Å². The normalized spacial score (nSPS) is 25.0. The fraction of sp³-hybridized carbons (Fsp3) is 0.375. The molecule has 2 aromatic rings. The number of alkyl halides is 1. The molecule has 3 rings (SSSR count). The zero-order valence-corrected chi connectivity index (χ0v) is 11.5. The molecule has 0 radical (unpaired) electrons. The molecule has 1 aliphatic carbocycles. The van der Waals surface area contributed by atoms with Crippen LogP contribution in [0.1, 0.15) is 37.2 Å². The lowest BCUT2D eigenvalue weighted by Crippen LogP contribution is -2.13. The average molecular weight is 289 g/mol. The molecular weight excluding hydrogens is 272 g/mol. The summed E-state index contributed by atoms with van der Waals surface area (Å²) >= 11 is 3.79. The molecule has 2 unspecified atom stereocenters. The van der Waals surface area contributed by atoms with Gasteiger partial charge in [-0.25, -0.2) is 0 Å². The van der Waals surface area contributed by atoms with E-state index >= 15 is 0 Å². The summed E-state index contributed by atoms with van der Waals surface area (Å²) in [5.74, 6) is 0.735. The predicted octanol–water partition coefficient (Wildman–Crippen LogP) is 5.26. The molecule has 0 heterocycles. The van der Waals surface area contributed by atoms with Gasteiger partial charge in [-0.3, -0.25) is 0 Å². The SMILES string of the molecule is BrC1CCCC(c2cccc3ccccc23)C1. The summed E-state index contributed by atoms with van der Waals surface area (Å²) < 4.78 is 0. The second kappa shape index (κ2) is 4.81. The van der Waals surface area contributed by atoms with Crippen LogP contribution in [0.2, 0.25) is 0 Å². The number of hydrogen-bond donors (Lipinski definition) is 0. The number of rotatable bonds is 1. The summed E-state index contributed by atoms with van der Waals surface area (Å²) in [7, 11) is 0. The van der Waals surface area contributed by atoms with Crippen molar-refractivity contribution in [1.29, 1.82) is 0 Å². The molecule has 1 fully saturated rings. The standard InChI is InChI=1S/C16H17Br/c17-14-8-3-7-13(11-14)16-10-4-6-12-5-1-2-9-15(12)16/h1-2,4-6,9-10,13-14H,3,7-8,11H2. The first-order chi connectivity index (χ1) is 8.34. The molecule has 0 aliphatic heterocycles. The van der Waals surface area contributed by atoms with E-state index in [-0.39, 0.29) is 0 Å². The van der Waals surface area contributed by atoms with Gasteiger partial charge in [0.15, 0.2) is 0 Å². The van der Waals surface area contributed by atoms with Crippen molar-refractivity contribution in [3.63, 3.8) is 0 Å². The highest BCUT2D eigenvalue weighted by atomic mass is 79.9. The Morgan fingerprint density at radius 1 is 0.941 bits per heavy atom. The fourth-order valence-corrected chi connectivity index (χ4v) is 3.79. The molecule has 0 bridgehead atoms. The largest absolute Gasteiger partial charge is 0.0890 e. The zero-order chi connectivity index (χ0) is 11.7. The van der Waals surface area contributed by atoms with E-state index in [0.717, 1.165) is 5.92 Å². The minimum absolute atomic E-state index is 0.709. The maximum atomic E-state index is 3.79. The van der Waals surface area contributed by atoms with Crippen LogP contribution in [0.25, 0.3) is 10.8 Å². The minimum atomic E-state index is 0.709. The van der Waals surface area contributed by atoms with Crippen molar-refractivity contribution in [1.82, 2.24) is 0 Å². The van der Waals surface area contributed by atoms with Crippen molar-refractivity contribution in [3.8, 4) is 0 Å². The number of hydrogen-bond acceptors (Lipinski definition) is 0. The highest BCUT2D eigenvalue weighted by molar-refractivity contribution is 9.09. The van der Waals surface area contributed by atoms with Crippen LogP contribution < -0.4 is 0 Å². The van der Waals surface area contributed by atoms with Gasteiger partial charge in [0.05, 0.1) is 0 Å². The van der Waals surface area contributed by atoms with Crippen LogP contribution in [0.5, 0.6) is 0 Å². The lowest BCUT2D eigenvalue weighted by molar-refractivity contribution is 0.460. The topological polar surface area (TPSA) is 0 Å². The molecule has 0 amide bonds. The Bertz CT molecular complexity index is 512. The summed E-state index contributed by atoms with van der Waals surface area (Å²) in [6.45, 7) is 0. The van der Waals surface area contributed by atoms with Crippen LogP contribution in [-0.2, 0) is 0 Å². The van der Waals surface area contributed by atoms with Gasteiger partial charge >= 0.3 is 0 Å². The van der Waals surface area contributed by atoms with Gasteiger partial charge in [-0.1, -0.05) is 64.8 Å². The molecule has 1 saturated carbocycles. The lowest BCUT2D eigenvalue weighted by atomic mass is 9.82. The van der Waals surface area contributed by atoms with Gasteiger partial charge in [0.25, 0.3) is 0 Å². The van der Waals surface area contributed by atoms with E-state index in [1.807, 2.05) is 0 Å². The second-order valence-corrected chi connectivity index (χ2v) is 6.32. The number of fused-ring (bicyclic) bond motifs is 1. The molecule has 0 N–H and O–H groups in total. The highest BCUT2D eigenvalue weighted by Gasteiger charge is 2.22. The molecule has 0 aromatic heterocycles. The van der Waals surface area contributed by atoms with Gasteiger partial charge in [0.2, 0.25) is 0 Å². The van der Waals surface area contributed by atoms with Crippen molar-refractivity contribution in [3.05, 3.63) is 48.0 Å². The van der Waals surface area contributed by atoms with Crippen LogP contribution in [0.15, 0.2) is 42.5 Å². The first-order valence-electron chi connectivity index (χ1n) is 6.46. The first-order valence-corrected chi connectivity index (χ1v) is 7.38. The molecule has 88 valence electrons. The van der Waals surface area contributed by atoms with Crippen LogP contribution >= 0.6 is 15.9 Å². The minimum Gasteiger partial charge on any atom is -0.0890 e. The Labute approximate surface area is 111 Å². The van der Waals surface area contributed by atoms with Crippen LogP contribution in [-0.4, -0.2) is 4.83 Å². The number of benzene rings is 2. The molecule has 2 aromatic carbocycles. The Balaban J connectivity index is 2.04. The average Bonchev–Trinajstić information content (AvgIpc) is 2.38. The van der Waals surface area contributed by atoms with Crippen molar-refractivity contribution < 1.29 is 0 Å². The van der Waals surface area contributed by atoms with Gasteiger partial charge in [0.1, 0.15) is 0 Å². The second-order valence-electron chi connectivity index (χ2n) is 5.03. The summed E-state index contributed by atoms with van der Waals surface area (Å²) in [4.78, 5) is 0.709. The van der Waals surface area contributed by atoms with Gasteiger partial charge in [0, 0.05) is 4.83 Å². The maximum absolute atomic E-state index is 3.79. The van der Waals surface area contributed by atoms with Crippen molar-refractivity contribution in [2.24, 2.45) is 0 Å². The maximum Gasteiger partial charge on any atom is 0.0151 e. The van der Waals surface area contributed by atoms with Crippen LogP contribution in [0, 0.1) is 0 Å². The summed E-state index contributed by atoms with van der Waals surface area (Å²) in [6.07, 6.45) is 5.31. The monoisotopic (exact) mass is 288 g/mol. The van der Waals surface area contributed by atoms with E-state index in [0.29, 0.717) is 4.83 Å². The Morgan fingerprint density at radius 3 is 2.65 bits per heavy atom. The van der Waals surface area contributed by atoms with Crippen molar-refractivity contribution in [2.45, 2.75) is 36.4 Å². The fourth-order valence-electron chi connectivity index (χ4n) is 3.02. The molecule has 1 aliphatic rings. The Hall–Kier alpha value is -0.820. The van der Waals surface area contributed by atoms with Gasteiger partial charge in [-0.2, -0.15) is 0 Å². The summed E-state index contributed by atoms with van der Waals surface area (Å²) in [5.41, 5.74) is 1.55. The Kier molecular flexibility index (Phi) is 3.19. The zero-order valence-electron chi connectivity index (χ0n) is 9.90. The van der Waals surface area contributed by atoms with E-state index in [9.17, 15) is 0 Å². The molecule has 0 nitrogen and oxygen atoms in total. The predicted molar refractivity (Wildman–Crippen MR) is 77.9 cm³/mol. The third-order valence-electron chi connectivity index (χ3n) is 3.87. The third-order valence-corrected chi connectivity index (χ3v) is 4.71. The molecule has 2 atom stereocenters. The van der Waals surface area contributed by atoms with Crippen molar-refractivity contribution >= 4 is 26.7 Å². The lowest BCUT2D eigenvalue weighted by Gasteiger charge is -2.27. The molecule has 17 heavy (non-hydrogen) atoms. The highest BCUT2D eigenvalue weighted by Crippen LogP contribution is 2.38. The Morgan fingerprint density at radius 2 is 1.76 bits per heavy atom. The summed E-state index contributed by atoms with van der Waals surface area (Å²) in [5, 5.41) is 2.82. The van der Waals surface area contributed by atoms with Crippen LogP contribution in [0.4, 0.5) is 0 Å². The quantitative estimate of drug-likeness (QED) is 0.628. The smallest absolute Gasteiger partial charge is 0.0151 e. The van der Waals surface area contributed by atoms with Gasteiger partial charge in [-0.15, -0.1) is 0 Å². The van der Waals surface area contributed by atoms with Crippen LogP contribution in [0.3, 0.4) is 0 Å². The summed E-state index contributed by atoms with van der Waals surface area (Å²) in [6, 6.07) is 15.5. The molecule has 1 heteroatoms. The molecule has 0 spiro atoms. The van der Waals surface area contributed by atoms with E-state index in [4.69, 9.17) is 0 Å². The van der Waals surface area contributed by atoms with E-state index in [1.54, 1.807) is 5.56 Å². The van der Waals surface area contributed by atoms with Crippen molar-refractivity contribution in [2.75, 3.05) is 0 Å². The molecule has 0 saturated heterocycles. The first kappa shape index (κ1) is 11.3. The molecular formula is C16H17Br.